The normalized spacial score (nSPS) is 34.0. The first-order chi connectivity index (χ1) is 9.37. The van der Waals surface area contributed by atoms with Crippen LogP contribution in [-0.4, -0.2) is 6.04 Å². The molecule has 20 heavy (non-hydrogen) atoms. The topological polar surface area (TPSA) is 35.8 Å². The molecule has 2 fully saturated rings. The summed E-state index contributed by atoms with van der Waals surface area (Å²) in [6.45, 7) is 7.16. The SMILES string of the molecule is CC1(C)C(Nc2ccc(Cl)c(C#N)c2)[C@]2(C)CC[C@H]1C2. The molecule has 3 rings (SSSR count). The van der Waals surface area contributed by atoms with Gasteiger partial charge in [-0.2, -0.15) is 5.26 Å². The molecule has 0 radical (unpaired) electrons. The van der Waals surface area contributed by atoms with Crippen LogP contribution in [0.5, 0.6) is 0 Å². The van der Waals surface area contributed by atoms with Gasteiger partial charge >= 0.3 is 0 Å². The molecule has 2 aliphatic carbocycles. The molecule has 0 saturated heterocycles. The molecular weight excluding hydrogens is 268 g/mol. The Morgan fingerprint density at radius 3 is 2.70 bits per heavy atom. The summed E-state index contributed by atoms with van der Waals surface area (Å²) >= 11 is 6.01. The zero-order valence-corrected chi connectivity index (χ0v) is 13.1. The molecule has 1 unspecified atom stereocenters. The Bertz CT molecular complexity index is 582. The molecule has 0 heterocycles. The number of anilines is 1. The minimum absolute atomic E-state index is 0.305. The van der Waals surface area contributed by atoms with Crippen LogP contribution in [0.2, 0.25) is 5.02 Å². The van der Waals surface area contributed by atoms with Crippen molar-refractivity contribution in [2.24, 2.45) is 16.7 Å². The van der Waals surface area contributed by atoms with Crippen molar-refractivity contribution in [3.63, 3.8) is 0 Å². The average Bonchev–Trinajstić information content (AvgIpc) is 2.87. The van der Waals surface area contributed by atoms with E-state index in [0.717, 1.165) is 11.6 Å². The minimum Gasteiger partial charge on any atom is -0.381 e. The van der Waals surface area contributed by atoms with Gasteiger partial charge in [0.05, 0.1) is 10.6 Å². The van der Waals surface area contributed by atoms with E-state index in [0.29, 0.717) is 27.5 Å². The maximum absolute atomic E-state index is 9.10. The van der Waals surface area contributed by atoms with Gasteiger partial charge in [0.25, 0.3) is 0 Å². The molecule has 0 spiro atoms. The van der Waals surface area contributed by atoms with Gasteiger partial charge < -0.3 is 5.32 Å². The number of nitriles is 1. The fraction of sp³-hybridized carbons (Fsp3) is 0.588. The van der Waals surface area contributed by atoms with E-state index < -0.39 is 0 Å². The number of rotatable bonds is 2. The number of benzene rings is 1. The summed E-state index contributed by atoms with van der Waals surface area (Å²) < 4.78 is 0. The molecule has 1 N–H and O–H groups in total. The summed E-state index contributed by atoms with van der Waals surface area (Å²) in [4.78, 5) is 0. The fourth-order valence-electron chi connectivity index (χ4n) is 4.53. The molecule has 106 valence electrons. The van der Waals surface area contributed by atoms with Gasteiger partial charge in [-0.15, -0.1) is 0 Å². The third-order valence-corrected chi connectivity index (χ3v) is 6.00. The second-order valence-electron chi connectivity index (χ2n) is 7.30. The smallest absolute Gasteiger partial charge is 0.101 e. The molecule has 2 bridgehead atoms. The van der Waals surface area contributed by atoms with Crippen LogP contribution in [-0.2, 0) is 0 Å². The second kappa shape index (κ2) is 4.40. The summed E-state index contributed by atoms with van der Waals surface area (Å²) in [5.74, 6) is 0.813. The van der Waals surface area contributed by atoms with Gasteiger partial charge in [0.2, 0.25) is 0 Å². The Hall–Kier alpha value is -1.20. The number of nitrogens with one attached hydrogen (secondary N) is 1. The van der Waals surface area contributed by atoms with Gasteiger partial charge in [0, 0.05) is 11.7 Å². The monoisotopic (exact) mass is 288 g/mol. The summed E-state index contributed by atoms with van der Waals surface area (Å²) in [7, 11) is 0. The summed E-state index contributed by atoms with van der Waals surface area (Å²) in [6.07, 6.45) is 3.97. The third-order valence-electron chi connectivity index (χ3n) is 5.67. The van der Waals surface area contributed by atoms with Crippen molar-refractivity contribution in [2.45, 2.75) is 46.1 Å². The lowest BCUT2D eigenvalue weighted by molar-refractivity contribution is 0.155. The number of nitrogens with zero attached hydrogens (tertiary/aromatic N) is 1. The predicted octanol–water partition coefficient (Wildman–Crippen LogP) is 4.84. The molecule has 1 aromatic rings. The Labute approximate surface area is 126 Å². The highest BCUT2D eigenvalue weighted by molar-refractivity contribution is 6.31. The summed E-state index contributed by atoms with van der Waals surface area (Å²) in [5, 5.41) is 13.3. The minimum atomic E-state index is 0.305. The zero-order chi connectivity index (χ0) is 14.5. The first kappa shape index (κ1) is 13.8. The second-order valence-corrected chi connectivity index (χ2v) is 7.71. The van der Waals surface area contributed by atoms with E-state index in [1.165, 1.54) is 19.3 Å². The number of hydrogen-bond acceptors (Lipinski definition) is 2. The van der Waals surface area contributed by atoms with Crippen LogP contribution < -0.4 is 5.32 Å². The van der Waals surface area contributed by atoms with Gasteiger partial charge in [-0.3, -0.25) is 0 Å². The van der Waals surface area contributed by atoms with E-state index in [9.17, 15) is 0 Å². The van der Waals surface area contributed by atoms with Crippen LogP contribution in [0.4, 0.5) is 5.69 Å². The Morgan fingerprint density at radius 1 is 1.35 bits per heavy atom. The van der Waals surface area contributed by atoms with Crippen LogP contribution in [0.15, 0.2) is 18.2 Å². The Balaban J connectivity index is 1.90. The molecule has 3 heteroatoms. The first-order valence-corrected chi connectivity index (χ1v) is 7.71. The quantitative estimate of drug-likeness (QED) is 0.845. The van der Waals surface area contributed by atoms with Gasteiger partial charge in [-0.25, -0.2) is 0 Å². The zero-order valence-electron chi connectivity index (χ0n) is 12.3. The molecule has 0 amide bonds. The highest BCUT2D eigenvalue weighted by Crippen LogP contribution is 2.63. The van der Waals surface area contributed by atoms with Crippen molar-refractivity contribution in [3.8, 4) is 6.07 Å². The standard InChI is InChI=1S/C17H21ClN2/c1-16(2)12-6-7-17(3,9-12)15(16)20-13-4-5-14(18)11(8-13)10-19/h4-5,8,12,15,20H,6-7,9H2,1-3H3/t12-,15?,17+/m0/s1. The predicted molar refractivity (Wildman–Crippen MR) is 82.8 cm³/mol. The van der Waals surface area contributed by atoms with E-state index >= 15 is 0 Å². The number of halogens is 1. The van der Waals surface area contributed by atoms with Crippen LogP contribution in [0.1, 0.15) is 45.6 Å². The summed E-state index contributed by atoms with van der Waals surface area (Å²) in [6, 6.07) is 8.27. The van der Waals surface area contributed by atoms with Crippen LogP contribution in [0.3, 0.4) is 0 Å². The van der Waals surface area contributed by atoms with Crippen molar-refractivity contribution >= 4 is 17.3 Å². The molecule has 3 atom stereocenters. The highest BCUT2D eigenvalue weighted by Gasteiger charge is 2.59. The van der Waals surface area contributed by atoms with Crippen molar-refractivity contribution in [3.05, 3.63) is 28.8 Å². The lowest BCUT2D eigenvalue weighted by atomic mass is 9.68. The molecule has 1 aromatic carbocycles. The Kier molecular flexibility index (Phi) is 3.03. The number of hydrogen-bond donors (Lipinski definition) is 1. The van der Waals surface area contributed by atoms with Crippen LogP contribution in [0.25, 0.3) is 0 Å². The van der Waals surface area contributed by atoms with E-state index in [1.54, 1.807) is 0 Å². The lowest BCUT2D eigenvalue weighted by Gasteiger charge is -2.43. The van der Waals surface area contributed by atoms with E-state index in [2.05, 4.69) is 32.2 Å². The first-order valence-electron chi connectivity index (χ1n) is 7.33. The largest absolute Gasteiger partial charge is 0.381 e. The average molecular weight is 289 g/mol. The van der Waals surface area contributed by atoms with E-state index in [-0.39, 0.29) is 0 Å². The van der Waals surface area contributed by atoms with Crippen LogP contribution in [0, 0.1) is 28.1 Å². The molecule has 0 aromatic heterocycles. The molecular formula is C17H21ClN2. The maximum Gasteiger partial charge on any atom is 0.101 e. The molecule has 0 aliphatic heterocycles. The third kappa shape index (κ3) is 1.91. The van der Waals surface area contributed by atoms with E-state index in [4.69, 9.17) is 16.9 Å². The maximum atomic E-state index is 9.10. The summed E-state index contributed by atoms with van der Waals surface area (Å²) in [5.41, 5.74) is 2.24. The molecule has 2 aliphatic rings. The molecule has 2 nitrogen and oxygen atoms in total. The van der Waals surface area contributed by atoms with Crippen molar-refractivity contribution in [2.75, 3.05) is 5.32 Å². The van der Waals surface area contributed by atoms with Crippen molar-refractivity contribution in [1.82, 2.24) is 0 Å². The van der Waals surface area contributed by atoms with Gasteiger partial charge in [0.15, 0.2) is 0 Å². The molecule has 2 saturated carbocycles. The number of fused-ring (bicyclic) bond motifs is 2. The fourth-order valence-corrected chi connectivity index (χ4v) is 4.69. The Morgan fingerprint density at radius 2 is 2.10 bits per heavy atom. The highest BCUT2D eigenvalue weighted by atomic mass is 35.5. The van der Waals surface area contributed by atoms with Crippen molar-refractivity contribution in [1.29, 1.82) is 5.26 Å². The van der Waals surface area contributed by atoms with Gasteiger partial charge in [-0.1, -0.05) is 32.4 Å². The van der Waals surface area contributed by atoms with Crippen LogP contribution >= 0.6 is 11.6 Å². The van der Waals surface area contributed by atoms with Gasteiger partial charge in [-0.05, 0) is 54.2 Å². The lowest BCUT2D eigenvalue weighted by Crippen LogP contribution is -2.45. The van der Waals surface area contributed by atoms with Gasteiger partial charge in [0.1, 0.15) is 6.07 Å². The van der Waals surface area contributed by atoms with E-state index in [1.807, 2.05) is 18.2 Å². The van der Waals surface area contributed by atoms with Crippen molar-refractivity contribution < 1.29 is 0 Å².